The second-order valence-electron chi connectivity index (χ2n) is 6.13. The third-order valence-electron chi connectivity index (χ3n) is 4.54. The van der Waals surface area contributed by atoms with Gasteiger partial charge in [-0.2, -0.15) is 0 Å². The van der Waals surface area contributed by atoms with Crippen molar-refractivity contribution in [1.29, 1.82) is 0 Å². The van der Waals surface area contributed by atoms with Crippen molar-refractivity contribution < 1.29 is 4.39 Å². The summed E-state index contributed by atoms with van der Waals surface area (Å²) in [6.07, 6.45) is 3.79. The minimum Gasteiger partial charge on any atom is -0.389 e. The summed E-state index contributed by atoms with van der Waals surface area (Å²) >= 11 is 4.96. The van der Waals surface area contributed by atoms with Crippen LogP contribution < -0.4 is 5.73 Å². The van der Waals surface area contributed by atoms with E-state index in [4.69, 9.17) is 18.0 Å². The predicted octanol–water partition coefficient (Wildman–Crippen LogP) is 2.13. The number of hydrogen-bond donors (Lipinski definition) is 1. The standard InChI is InChI=1S/C16H22FN3S/c17-14-8-12(7-13(9-14)16(18)21)10-19-4-2-6-20-5-1-3-15(20)11-19/h7-9,15H,1-6,10-11H2,(H2,18,21). The van der Waals surface area contributed by atoms with Gasteiger partial charge in [-0.3, -0.25) is 9.80 Å². The number of hydrogen-bond acceptors (Lipinski definition) is 3. The van der Waals surface area contributed by atoms with Crippen molar-refractivity contribution in [2.45, 2.75) is 31.8 Å². The van der Waals surface area contributed by atoms with Crippen molar-refractivity contribution in [3.63, 3.8) is 0 Å². The van der Waals surface area contributed by atoms with E-state index in [1.165, 1.54) is 38.4 Å². The van der Waals surface area contributed by atoms with Crippen LogP contribution in [0.2, 0.25) is 0 Å². The summed E-state index contributed by atoms with van der Waals surface area (Å²) in [5, 5.41) is 0. The highest BCUT2D eigenvalue weighted by molar-refractivity contribution is 7.80. The molecule has 0 aliphatic carbocycles. The lowest BCUT2D eigenvalue weighted by Crippen LogP contribution is -2.36. The minimum absolute atomic E-state index is 0.257. The van der Waals surface area contributed by atoms with Gasteiger partial charge in [0.1, 0.15) is 10.8 Å². The summed E-state index contributed by atoms with van der Waals surface area (Å²) in [4.78, 5) is 5.30. The molecule has 2 heterocycles. The lowest BCUT2D eigenvalue weighted by Gasteiger charge is -2.25. The maximum absolute atomic E-state index is 13.7. The summed E-state index contributed by atoms with van der Waals surface area (Å²) < 4.78 is 13.7. The highest BCUT2D eigenvalue weighted by Gasteiger charge is 2.28. The Balaban J connectivity index is 1.72. The molecule has 0 bridgehead atoms. The second kappa shape index (κ2) is 6.38. The van der Waals surface area contributed by atoms with Gasteiger partial charge >= 0.3 is 0 Å². The van der Waals surface area contributed by atoms with Gasteiger partial charge < -0.3 is 5.73 Å². The van der Waals surface area contributed by atoms with Crippen LogP contribution in [-0.2, 0) is 6.54 Å². The van der Waals surface area contributed by atoms with Gasteiger partial charge in [-0.15, -0.1) is 0 Å². The molecule has 1 aromatic carbocycles. The lowest BCUT2D eigenvalue weighted by atomic mass is 10.1. The molecule has 5 heteroatoms. The van der Waals surface area contributed by atoms with Gasteiger partial charge in [-0.25, -0.2) is 4.39 Å². The van der Waals surface area contributed by atoms with E-state index in [2.05, 4.69) is 9.80 Å². The van der Waals surface area contributed by atoms with Crippen molar-refractivity contribution in [2.75, 3.05) is 26.2 Å². The van der Waals surface area contributed by atoms with Crippen LogP contribution in [0.15, 0.2) is 18.2 Å². The fourth-order valence-corrected chi connectivity index (χ4v) is 3.69. The van der Waals surface area contributed by atoms with Gasteiger partial charge in [-0.1, -0.05) is 12.2 Å². The second-order valence-corrected chi connectivity index (χ2v) is 6.57. The first kappa shape index (κ1) is 14.9. The van der Waals surface area contributed by atoms with E-state index >= 15 is 0 Å². The summed E-state index contributed by atoms with van der Waals surface area (Å²) in [5.74, 6) is -0.257. The van der Waals surface area contributed by atoms with E-state index in [0.717, 1.165) is 25.2 Å². The zero-order chi connectivity index (χ0) is 14.8. The monoisotopic (exact) mass is 307 g/mol. The van der Waals surface area contributed by atoms with Crippen LogP contribution in [-0.4, -0.2) is 47.0 Å². The molecular weight excluding hydrogens is 285 g/mol. The molecule has 0 aromatic heterocycles. The van der Waals surface area contributed by atoms with Gasteiger partial charge in [0.25, 0.3) is 0 Å². The first-order valence-corrected chi connectivity index (χ1v) is 8.08. The van der Waals surface area contributed by atoms with Crippen molar-refractivity contribution >= 4 is 17.2 Å². The third kappa shape index (κ3) is 3.59. The number of rotatable bonds is 3. The fraction of sp³-hybridized carbons (Fsp3) is 0.562. The highest BCUT2D eigenvalue weighted by Crippen LogP contribution is 2.22. The van der Waals surface area contributed by atoms with E-state index < -0.39 is 0 Å². The van der Waals surface area contributed by atoms with Crippen molar-refractivity contribution in [2.24, 2.45) is 5.73 Å². The molecule has 2 aliphatic heterocycles. The molecule has 3 nitrogen and oxygen atoms in total. The number of thiocarbonyl (C=S) groups is 1. The molecule has 3 rings (SSSR count). The normalized spacial score (nSPS) is 23.8. The number of fused-ring (bicyclic) bond motifs is 1. The van der Waals surface area contributed by atoms with Gasteiger partial charge in [0, 0.05) is 24.7 Å². The van der Waals surface area contributed by atoms with Crippen LogP contribution in [0, 0.1) is 5.82 Å². The van der Waals surface area contributed by atoms with Crippen molar-refractivity contribution in [3.8, 4) is 0 Å². The largest absolute Gasteiger partial charge is 0.389 e. The lowest BCUT2D eigenvalue weighted by molar-refractivity contribution is 0.215. The molecule has 0 spiro atoms. The summed E-state index contributed by atoms with van der Waals surface area (Å²) in [5.41, 5.74) is 7.21. The van der Waals surface area contributed by atoms with Gasteiger partial charge in [-0.05, 0) is 62.7 Å². The zero-order valence-corrected chi connectivity index (χ0v) is 13.0. The number of halogens is 1. The molecule has 114 valence electrons. The zero-order valence-electron chi connectivity index (χ0n) is 12.2. The van der Waals surface area contributed by atoms with Crippen LogP contribution in [0.5, 0.6) is 0 Å². The quantitative estimate of drug-likeness (QED) is 0.867. The Labute approximate surface area is 130 Å². The van der Waals surface area contributed by atoms with Crippen molar-refractivity contribution in [1.82, 2.24) is 9.80 Å². The average Bonchev–Trinajstić information content (AvgIpc) is 2.77. The van der Waals surface area contributed by atoms with Crippen LogP contribution in [0.25, 0.3) is 0 Å². The molecule has 1 aromatic rings. The Bertz CT molecular complexity index is 534. The Morgan fingerprint density at radius 1 is 1.24 bits per heavy atom. The molecular formula is C16H22FN3S. The van der Waals surface area contributed by atoms with Gasteiger partial charge in [0.05, 0.1) is 0 Å². The van der Waals surface area contributed by atoms with Crippen LogP contribution in [0.1, 0.15) is 30.4 Å². The molecule has 0 radical (unpaired) electrons. The molecule has 0 saturated carbocycles. The summed E-state index contributed by atoms with van der Waals surface area (Å²) in [6, 6.07) is 5.60. The maximum atomic E-state index is 13.7. The molecule has 2 aliphatic rings. The number of benzene rings is 1. The Kier molecular flexibility index (Phi) is 4.52. The molecule has 1 unspecified atom stereocenters. The third-order valence-corrected chi connectivity index (χ3v) is 4.77. The van der Waals surface area contributed by atoms with E-state index in [9.17, 15) is 4.39 Å². The SMILES string of the molecule is NC(=S)c1cc(F)cc(CN2CCCN3CCCC3C2)c1. The average molecular weight is 307 g/mol. The van der Waals surface area contributed by atoms with Crippen LogP contribution in [0.3, 0.4) is 0 Å². The Morgan fingerprint density at radius 2 is 2.05 bits per heavy atom. The highest BCUT2D eigenvalue weighted by atomic mass is 32.1. The van der Waals surface area contributed by atoms with Crippen LogP contribution in [0.4, 0.5) is 4.39 Å². The van der Waals surface area contributed by atoms with E-state index in [1.54, 1.807) is 6.07 Å². The smallest absolute Gasteiger partial charge is 0.124 e. The first-order valence-electron chi connectivity index (χ1n) is 7.67. The van der Waals surface area contributed by atoms with E-state index in [-0.39, 0.29) is 10.8 Å². The molecule has 21 heavy (non-hydrogen) atoms. The number of nitrogens with two attached hydrogens (primary N) is 1. The molecule has 2 saturated heterocycles. The minimum atomic E-state index is -0.257. The van der Waals surface area contributed by atoms with Gasteiger partial charge in [0.15, 0.2) is 0 Å². The van der Waals surface area contributed by atoms with Gasteiger partial charge in [0.2, 0.25) is 0 Å². The van der Waals surface area contributed by atoms with E-state index in [0.29, 0.717) is 11.6 Å². The van der Waals surface area contributed by atoms with Crippen LogP contribution >= 0.6 is 12.2 Å². The van der Waals surface area contributed by atoms with Crippen molar-refractivity contribution in [3.05, 3.63) is 35.1 Å². The van der Waals surface area contributed by atoms with E-state index in [1.807, 2.05) is 6.07 Å². The maximum Gasteiger partial charge on any atom is 0.124 e. The molecule has 1 atom stereocenters. The summed E-state index contributed by atoms with van der Waals surface area (Å²) in [7, 11) is 0. The predicted molar refractivity (Wildman–Crippen MR) is 86.8 cm³/mol. The topological polar surface area (TPSA) is 32.5 Å². The fourth-order valence-electron chi connectivity index (χ4n) is 3.57. The molecule has 0 amide bonds. The Hall–Kier alpha value is -1.04. The molecule has 2 N–H and O–H groups in total. The first-order chi connectivity index (χ1) is 10.1. The summed E-state index contributed by atoms with van der Waals surface area (Å²) in [6.45, 7) is 5.37. The number of nitrogens with zero attached hydrogens (tertiary/aromatic N) is 2. The molecule has 2 fully saturated rings. The Morgan fingerprint density at radius 3 is 2.86 bits per heavy atom.